The summed E-state index contributed by atoms with van der Waals surface area (Å²) in [5.74, 6) is -0.133. The molecule has 2 N–H and O–H groups in total. The molecular weight excluding hydrogens is 387 g/mol. The highest BCUT2D eigenvalue weighted by atomic mass is 19.1. The molecule has 2 aromatic rings. The standard InChI is InChI=1S/C22H23FN4O3/c1-30-18-8-2-14(3-9-18)15-10-11-26(13-15)22(29)19-12-20(21(24)28)27(25-19)17-6-4-16(23)5-7-17/h2-9,15,20H,10-13H2,1H3,(H2,24,28). The summed E-state index contributed by atoms with van der Waals surface area (Å²) in [4.78, 5) is 26.8. The smallest absolute Gasteiger partial charge is 0.270 e. The van der Waals surface area contributed by atoms with Gasteiger partial charge in [-0.05, 0) is 48.4 Å². The van der Waals surface area contributed by atoms with Crippen LogP contribution in [-0.2, 0) is 9.59 Å². The molecule has 2 amide bonds. The molecule has 2 aromatic carbocycles. The van der Waals surface area contributed by atoms with Gasteiger partial charge in [-0.1, -0.05) is 12.1 Å². The first kappa shape index (κ1) is 19.9. The lowest BCUT2D eigenvalue weighted by Gasteiger charge is -2.20. The average molecular weight is 410 g/mol. The molecule has 2 aliphatic rings. The van der Waals surface area contributed by atoms with Crippen molar-refractivity contribution in [1.29, 1.82) is 0 Å². The van der Waals surface area contributed by atoms with Crippen LogP contribution in [0.2, 0.25) is 0 Å². The minimum Gasteiger partial charge on any atom is -0.497 e. The van der Waals surface area contributed by atoms with Gasteiger partial charge in [0.2, 0.25) is 5.91 Å². The first-order chi connectivity index (χ1) is 14.5. The summed E-state index contributed by atoms with van der Waals surface area (Å²) in [7, 11) is 1.63. The number of hydrazone groups is 1. The third kappa shape index (κ3) is 3.85. The van der Waals surface area contributed by atoms with Crippen LogP contribution in [0.15, 0.2) is 53.6 Å². The van der Waals surface area contributed by atoms with Crippen LogP contribution in [0, 0.1) is 5.82 Å². The fraction of sp³-hybridized carbons (Fsp3) is 0.318. The van der Waals surface area contributed by atoms with Crippen molar-refractivity contribution in [2.24, 2.45) is 10.8 Å². The molecule has 7 nitrogen and oxygen atoms in total. The van der Waals surface area contributed by atoms with Gasteiger partial charge in [0, 0.05) is 25.4 Å². The summed E-state index contributed by atoms with van der Waals surface area (Å²) in [6, 6.07) is 12.7. The number of carbonyl (C=O) groups is 2. The lowest BCUT2D eigenvalue weighted by molar-refractivity contribution is -0.123. The molecule has 0 aliphatic carbocycles. The molecule has 0 bridgehead atoms. The van der Waals surface area contributed by atoms with Gasteiger partial charge in [0.25, 0.3) is 5.91 Å². The summed E-state index contributed by atoms with van der Waals surface area (Å²) >= 11 is 0. The van der Waals surface area contributed by atoms with Gasteiger partial charge in [-0.3, -0.25) is 14.6 Å². The highest BCUT2D eigenvalue weighted by molar-refractivity contribution is 6.40. The highest BCUT2D eigenvalue weighted by Gasteiger charge is 2.38. The van der Waals surface area contributed by atoms with E-state index >= 15 is 0 Å². The van der Waals surface area contributed by atoms with E-state index in [4.69, 9.17) is 10.5 Å². The molecule has 0 aromatic heterocycles. The van der Waals surface area contributed by atoms with Crippen LogP contribution < -0.4 is 15.5 Å². The van der Waals surface area contributed by atoms with E-state index in [1.54, 1.807) is 12.0 Å². The molecule has 156 valence electrons. The predicted octanol–water partition coefficient (Wildman–Crippen LogP) is 2.27. The Balaban J connectivity index is 1.49. The average Bonchev–Trinajstić information content (AvgIpc) is 3.42. The third-order valence-electron chi connectivity index (χ3n) is 5.64. The number of primary amides is 1. The number of hydrogen-bond donors (Lipinski definition) is 1. The fourth-order valence-electron chi connectivity index (χ4n) is 3.97. The van der Waals surface area contributed by atoms with Crippen LogP contribution in [0.5, 0.6) is 5.75 Å². The van der Waals surface area contributed by atoms with Gasteiger partial charge >= 0.3 is 0 Å². The summed E-state index contributed by atoms with van der Waals surface area (Å²) in [6.45, 7) is 1.20. The number of nitrogens with two attached hydrogens (primary N) is 1. The monoisotopic (exact) mass is 410 g/mol. The molecule has 8 heteroatoms. The quantitative estimate of drug-likeness (QED) is 0.819. The lowest BCUT2D eigenvalue weighted by atomic mass is 9.98. The lowest BCUT2D eigenvalue weighted by Crippen LogP contribution is -2.40. The number of methoxy groups -OCH3 is 1. The molecule has 0 saturated carbocycles. The number of hydrogen-bond acceptors (Lipinski definition) is 5. The molecule has 1 saturated heterocycles. The van der Waals surface area contributed by atoms with Crippen LogP contribution in [0.25, 0.3) is 0 Å². The summed E-state index contributed by atoms with van der Waals surface area (Å²) < 4.78 is 18.4. The molecule has 2 unspecified atom stereocenters. The predicted molar refractivity (Wildman–Crippen MR) is 111 cm³/mol. The number of halogens is 1. The zero-order valence-electron chi connectivity index (χ0n) is 16.6. The van der Waals surface area contributed by atoms with E-state index in [-0.39, 0.29) is 18.2 Å². The minimum absolute atomic E-state index is 0.134. The Morgan fingerprint density at radius 3 is 2.47 bits per heavy atom. The topological polar surface area (TPSA) is 88.2 Å². The van der Waals surface area contributed by atoms with Gasteiger partial charge in [0.05, 0.1) is 12.8 Å². The number of ether oxygens (including phenoxy) is 1. The van der Waals surface area contributed by atoms with Gasteiger partial charge in [-0.25, -0.2) is 4.39 Å². The van der Waals surface area contributed by atoms with Crippen LogP contribution >= 0.6 is 0 Å². The second-order valence-corrected chi connectivity index (χ2v) is 7.50. The molecule has 30 heavy (non-hydrogen) atoms. The Hall–Kier alpha value is -3.42. The number of carbonyl (C=O) groups excluding carboxylic acids is 2. The molecule has 0 radical (unpaired) electrons. The maximum Gasteiger partial charge on any atom is 0.270 e. The number of rotatable bonds is 5. The summed E-state index contributed by atoms with van der Waals surface area (Å²) in [6.07, 6.45) is 0.988. The minimum atomic E-state index is -0.769. The van der Waals surface area contributed by atoms with Crippen molar-refractivity contribution < 1.29 is 18.7 Å². The van der Waals surface area contributed by atoms with E-state index in [2.05, 4.69) is 5.10 Å². The van der Waals surface area contributed by atoms with Crippen LogP contribution in [0.4, 0.5) is 10.1 Å². The Labute approximate surface area is 173 Å². The molecule has 0 spiro atoms. The Morgan fingerprint density at radius 1 is 1.13 bits per heavy atom. The van der Waals surface area contributed by atoms with Crippen LogP contribution in [0.1, 0.15) is 24.3 Å². The van der Waals surface area contributed by atoms with Gasteiger partial charge in [0.1, 0.15) is 23.3 Å². The van der Waals surface area contributed by atoms with Gasteiger partial charge in [-0.2, -0.15) is 5.10 Å². The van der Waals surface area contributed by atoms with Crippen molar-refractivity contribution >= 4 is 23.2 Å². The van der Waals surface area contributed by atoms with Crippen molar-refractivity contribution in [3.05, 3.63) is 59.9 Å². The second kappa shape index (κ2) is 8.14. The van der Waals surface area contributed by atoms with E-state index < -0.39 is 17.8 Å². The van der Waals surface area contributed by atoms with Crippen molar-refractivity contribution in [3.63, 3.8) is 0 Å². The normalized spacial score (nSPS) is 20.9. The largest absolute Gasteiger partial charge is 0.497 e. The van der Waals surface area contributed by atoms with Gasteiger partial charge in [-0.15, -0.1) is 0 Å². The first-order valence-electron chi connectivity index (χ1n) is 9.81. The second-order valence-electron chi connectivity index (χ2n) is 7.50. The molecule has 1 fully saturated rings. The van der Waals surface area contributed by atoms with Crippen molar-refractivity contribution in [3.8, 4) is 5.75 Å². The molecule has 4 rings (SSSR count). The van der Waals surface area contributed by atoms with E-state index in [0.29, 0.717) is 24.5 Å². The van der Waals surface area contributed by atoms with Crippen molar-refractivity contribution in [2.75, 3.05) is 25.2 Å². The Kier molecular flexibility index (Phi) is 5.39. The number of anilines is 1. The van der Waals surface area contributed by atoms with Gasteiger partial charge in [0.15, 0.2) is 0 Å². The molecule has 2 atom stereocenters. The van der Waals surface area contributed by atoms with E-state index in [0.717, 1.165) is 17.7 Å². The summed E-state index contributed by atoms with van der Waals surface area (Å²) in [5.41, 5.74) is 7.49. The van der Waals surface area contributed by atoms with Crippen molar-refractivity contribution in [1.82, 2.24) is 4.90 Å². The fourth-order valence-corrected chi connectivity index (χ4v) is 3.97. The molecule has 2 aliphatic heterocycles. The molecule has 2 heterocycles. The number of likely N-dealkylation sites (tertiary alicyclic amines) is 1. The van der Waals surface area contributed by atoms with Crippen LogP contribution in [0.3, 0.4) is 0 Å². The third-order valence-corrected chi connectivity index (χ3v) is 5.64. The van der Waals surface area contributed by atoms with Crippen LogP contribution in [-0.4, -0.2) is 48.7 Å². The Morgan fingerprint density at radius 2 is 1.83 bits per heavy atom. The maximum absolute atomic E-state index is 13.2. The zero-order chi connectivity index (χ0) is 21.3. The number of amides is 2. The van der Waals surface area contributed by atoms with E-state index in [1.807, 2.05) is 24.3 Å². The zero-order valence-corrected chi connectivity index (χ0v) is 16.6. The van der Waals surface area contributed by atoms with Crippen molar-refractivity contribution in [2.45, 2.75) is 24.8 Å². The Bertz CT molecular complexity index is 975. The highest BCUT2D eigenvalue weighted by Crippen LogP contribution is 2.30. The SMILES string of the molecule is COc1ccc(C2CCN(C(=O)C3=NN(c4ccc(F)cc4)C(C(N)=O)C3)C2)cc1. The van der Waals surface area contributed by atoms with E-state index in [1.165, 1.54) is 29.3 Å². The summed E-state index contributed by atoms with van der Waals surface area (Å²) in [5, 5.41) is 5.78. The maximum atomic E-state index is 13.2. The van der Waals surface area contributed by atoms with Gasteiger partial charge < -0.3 is 15.4 Å². The number of nitrogens with zero attached hydrogens (tertiary/aromatic N) is 3. The molecular formula is C22H23FN4O3. The van der Waals surface area contributed by atoms with E-state index in [9.17, 15) is 14.0 Å². The first-order valence-corrected chi connectivity index (χ1v) is 9.81. The number of benzene rings is 2.